The van der Waals surface area contributed by atoms with Gasteiger partial charge in [0, 0.05) is 11.8 Å². The molecule has 0 amide bonds. The van der Waals surface area contributed by atoms with E-state index in [-0.39, 0.29) is 18.4 Å². The molecule has 1 aliphatic heterocycles. The van der Waals surface area contributed by atoms with Crippen LogP contribution >= 0.6 is 11.6 Å². The standard InChI is InChI=1S/C10H15ClO5/c1-3-15-9(12)7-4-6(5-11)8(16-7)10(13)14-2/h6-8H,3-5H2,1-2H3/t6-,7+,8+/m1/s1. The molecular formula is C10H15ClO5. The molecular weight excluding hydrogens is 236 g/mol. The van der Waals surface area contributed by atoms with Crippen molar-refractivity contribution in [3.05, 3.63) is 0 Å². The molecule has 6 heteroatoms. The minimum Gasteiger partial charge on any atom is -0.467 e. The molecule has 1 aliphatic rings. The summed E-state index contributed by atoms with van der Waals surface area (Å²) in [6.45, 7) is 2.00. The first-order chi connectivity index (χ1) is 7.63. The third-order valence-electron chi connectivity index (χ3n) is 2.44. The molecule has 1 rings (SSSR count). The summed E-state index contributed by atoms with van der Waals surface area (Å²) in [5.74, 6) is -0.916. The fourth-order valence-electron chi connectivity index (χ4n) is 1.64. The van der Waals surface area contributed by atoms with Crippen LogP contribution in [0, 0.1) is 5.92 Å². The Balaban J connectivity index is 2.62. The lowest BCUT2D eigenvalue weighted by molar-refractivity contribution is -0.163. The van der Waals surface area contributed by atoms with Gasteiger partial charge in [0.15, 0.2) is 12.2 Å². The van der Waals surface area contributed by atoms with Gasteiger partial charge >= 0.3 is 11.9 Å². The first-order valence-electron chi connectivity index (χ1n) is 5.09. The van der Waals surface area contributed by atoms with Gasteiger partial charge in [-0.1, -0.05) is 0 Å². The van der Waals surface area contributed by atoms with E-state index in [1.165, 1.54) is 7.11 Å². The zero-order valence-electron chi connectivity index (χ0n) is 9.27. The number of hydrogen-bond acceptors (Lipinski definition) is 5. The second-order valence-corrected chi connectivity index (χ2v) is 3.78. The Morgan fingerprint density at radius 3 is 2.62 bits per heavy atom. The molecule has 0 saturated carbocycles. The van der Waals surface area contributed by atoms with Gasteiger partial charge in [0.2, 0.25) is 0 Å². The van der Waals surface area contributed by atoms with E-state index in [4.69, 9.17) is 21.1 Å². The van der Waals surface area contributed by atoms with Crippen LogP contribution in [0.25, 0.3) is 0 Å². The summed E-state index contributed by atoms with van der Waals surface area (Å²) in [7, 11) is 1.27. The third-order valence-corrected chi connectivity index (χ3v) is 2.83. The fourth-order valence-corrected chi connectivity index (χ4v) is 1.93. The molecule has 3 atom stereocenters. The molecule has 1 heterocycles. The zero-order valence-corrected chi connectivity index (χ0v) is 10.0. The first kappa shape index (κ1) is 13.3. The van der Waals surface area contributed by atoms with Gasteiger partial charge in [0.05, 0.1) is 13.7 Å². The number of esters is 2. The maximum Gasteiger partial charge on any atom is 0.335 e. The Bertz CT molecular complexity index is 268. The maximum atomic E-state index is 11.4. The van der Waals surface area contributed by atoms with Crippen molar-refractivity contribution in [3.8, 4) is 0 Å². The smallest absolute Gasteiger partial charge is 0.335 e. The molecule has 0 N–H and O–H groups in total. The fraction of sp³-hybridized carbons (Fsp3) is 0.800. The minimum atomic E-state index is -0.767. The van der Waals surface area contributed by atoms with Gasteiger partial charge in [-0.05, 0) is 13.3 Å². The third kappa shape index (κ3) is 2.86. The Hall–Kier alpha value is -0.810. The van der Waals surface area contributed by atoms with E-state index >= 15 is 0 Å². The molecule has 0 radical (unpaired) electrons. The Morgan fingerprint density at radius 2 is 2.12 bits per heavy atom. The first-order valence-corrected chi connectivity index (χ1v) is 5.63. The van der Waals surface area contributed by atoms with E-state index < -0.39 is 24.1 Å². The number of hydrogen-bond donors (Lipinski definition) is 0. The maximum absolute atomic E-state index is 11.4. The van der Waals surface area contributed by atoms with Crippen LogP contribution < -0.4 is 0 Å². The average molecular weight is 251 g/mol. The van der Waals surface area contributed by atoms with Crippen molar-refractivity contribution in [2.45, 2.75) is 25.6 Å². The molecule has 0 spiro atoms. The highest BCUT2D eigenvalue weighted by Gasteiger charge is 2.43. The molecule has 16 heavy (non-hydrogen) atoms. The summed E-state index contributed by atoms with van der Waals surface area (Å²) in [4.78, 5) is 22.8. The van der Waals surface area contributed by atoms with Gasteiger partial charge in [-0.3, -0.25) is 0 Å². The van der Waals surface area contributed by atoms with Crippen molar-refractivity contribution < 1.29 is 23.8 Å². The van der Waals surface area contributed by atoms with Gasteiger partial charge in [-0.25, -0.2) is 9.59 Å². The monoisotopic (exact) mass is 250 g/mol. The number of carbonyl (C=O) groups excluding carboxylic acids is 2. The predicted molar refractivity (Wildman–Crippen MR) is 56.1 cm³/mol. The van der Waals surface area contributed by atoms with Gasteiger partial charge < -0.3 is 14.2 Å². The van der Waals surface area contributed by atoms with Crippen LogP contribution in [-0.4, -0.2) is 43.7 Å². The van der Waals surface area contributed by atoms with E-state index in [9.17, 15) is 9.59 Å². The molecule has 0 aromatic heterocycles. The van der Waals surface area contributed by atoms with Gasteiger partial charge in [0.1, 0.15) is 0 Å². The van der Waals surface area contributed by atoms with Crippen LogP contribution in [0.15, 0.2) is 0 Å². The van der Waals surface area contributed by atoms with Gasteiger partial charge in [0.25, 0.3) is 0 Å². The molecule has 1 fully saturated rings. The molecule has 5 nitrogen and oxygen atoms in total. The number of rotatable bonds is 4. The topological polar surface area (TPSA) is 61.8 Å². The molecule has 0 bridgehead atoms. The molecule has 1 saturated heterocycles. The van der Waals surface area contributed by atoms with Crippen molar-refractivity contribution in [1.29, 1.82) is 0 Å². The number of methoxy groups -OCH3 is 1. The summed E-state index contributed by atoms with van der Waals surface area (Å²) in [6.07, 6.45) is -1.09. The van der Waals surface area contributed by atoms with Gasteiger partial charge in [-0.2, -0.15) is 0 Å². The number of halogens is 1. The van der Waals surface area contributed by atoms with Crippen LogP contribution in [0.3, 0.4) is 0 Å². The van der Waals surface area contributed by atoms with Crippen LogP contribution in [0.4, 0.5) is 0 Å². The normalized spacial score (nSPS) is 28.8. The summed E-state index contributed by atoms with van der Waals surface area (Å²) in [5.41, 5.74) is 0. The number of alkyl halides is 1. The summed E-state index contributed by atoms with van der Waals surface area (Å²) < 4.78 is 14.7. The Kier molecular flexibility index (Phi) is 5.02. The van der Waals surface area contributed by atoms with Crippen LogP contribution in [0.2, 0.25) is 0 Å². The summed E-state index contributed by atoms with van der Waals surface area (Å²) >= 11 is 5.71. The van der Waals surface area contributed by atoms with E-state index in [1.54, 1.807) is 6.92 Å². The van der Waals surface area contributed by atoms with Crippen molar-refractivity contribution >= 4 is 23.5 Å². The highest BCUT2D eigenvalue weighted by atomic mass is 35.5. The van der Waals surface area contributed by atoms with Crippen LogP contribution in [0.5, 0.6) is 0 Å². The number of carbonyl (C=O) groups is 2. The molecule has 0 aromatic rings. The minimum absolute atomic E-state index is 0.205. The highest BCUT2D eigenvalue weighted by Crippen LogP contribution is 2.29. The highest BCUT2D eigenvalue weighted by molar-refractivity contribution is 6.18. The summed E-state index contributed by atoms with van der Waals surface area (Å²) in [5, 5.41) is 0. The Morgan fingerprint density at radius 1 is 1.44 bits per heavy atom. The molecule has 0 aromatic carbocycles. The van der Waals surface area contributed by atoms with E-state index in [2.05, 4.69) is 4.74 Å². The van der Waals surface area contributed by atoms with Crippen LogP contribution in [0.1, 0.15) is 13.3 Å². The van der Waals surface area contributed by atoms with Crippen molar-refractivity contribution in [2.75, 3.05) is 19.6 Å². The van der Waals surface area contributed by atoms with Crippen molar-refractivity contribution in [1.82, 2.24) is 0 Å². The molecule has 0 aliphatic carbocycles. The van der Waals surface area contributed by atoms with Crippen molar-refractivity contribution in [3.63, 3.8) is 0 Å². The lowest BCUT2D eigenvalue weighted by Crippen LogP contribution is -2.30. The molecule has 92 valence electrons. The van der Waals surface area contributed by atoms with E-state index in [1.807, 2.05) is 0 Å². The predicted octanol–water partition coefficient (Wildman–Crippen LogP) is 0.735. The second kappa shape index (κ2) is 6.06. The second-order valence-electron chi connectivity index (χ2n) is 3.47. The van der Waals surface area contributed by atoms with E-state index in [0.29, 0.717) is 6.42 Å². The Labute approximate surface area is 99.0 Å². The summed E-state index contributed by atoms with van der Waals surface area (Å²) in [6, 6.07) is 0. The lowest BCUT2D eigenvalue weighted by atomic mass is 10.0. The molecule has 0 unspecified atom stereocenters. The van der Waals surface area contributed by atoms with Crippen LogP contribution in [-0.2, 0) is 23.8 Å². The SMILES string of the molecule is CCOC(=O)[C@@H]1C[C@H](CCl)[C@@H](C(=O)OC)O1. The largest absolute Gasteiger partial charge is 0.467 e. The van der Waals surface area contributed by atoms with Gasteiger partial charge in [-0.15, -0.1) is 11.6 Å². The number of ether oxygens (including phenoxy) is 3. The van der Waals surface area contributed by atoms with E-state index in [0.717, 1.165) is 0 Å². The van der Waals surface area contributed by atoms with Crippen molar-refractivity contribution in [2.24, 2.45) is 5.92 Å². The average Bonchev–Trinajstić information content (AvgIpc) is 2.72. The lowest BCUT2D eigenvalue weighted by Gasteiger charge is -2.13. The quantitative estimate of drug-likeness (QED) is 0.544. The zero-order chi connectivity index (χ0) is 12.1.